The minimum absolute atomic E-state index is 0.352. The summed E-state index contributed by atoms with van der Waals surface area (Å²) in [5, 5.41) is 0. The van der Waals surface area contributed by atoms with Crippen LogP contribution < -0.4 is 9.64 Å². The van der Waals surface area contributed by atoms with Crippen molar-refractivity contribution in [3.8, 4) is 5.75 Å². The Bertz CT molecular complexity index is 961. The fraction of sp³-hybridized carbons (Fsp3) is 0.333. The maximum Gasteiger partial charge on any atom is 0.282 e. The van der Waals surface area contributed by atoms with E-state index in [1.807, 2.05) is 36.1 Å². The van der Waals surface area contributed by atoms with Crippen LogP contribution in [0.1, 0.15) is 38.2 Å². The Morgan fingerprint density at radius 3 is 2.20 bits per heavy atom. The first kappa shape index (κ1) is 20.1. The van der Waals surface area contributed by atoms with Gasteiger partial charge in [0.1, 0.15) is 17.3 Å². The van der Waals surface area contributed by atoms with Crippen molar-refractivity contribution in [2.75, 3.05) is 24.6 Å². The third-order valence-electron chi connectivity index (χ3n) is 5.43. The number of ether oxygens (including phenoxy) is 1. The first-order valence-corrected chi connectivity index (χ1v) is 10.5. The molecule has 30 heavy (non-hydrogen) atoms. The van der Waals surface area contributed by atoms with Crippen LogP contribution in [0.25, 0.3) is 5.57 Å². The van der Waals surface area contributed by atoms with Gasteiger partial charge in [-0.15, -0.1) is 0 Å². The molecule has 4 rings (SSSR count). The van der Waals surface area contributed by atoms with Crippen molar-refractivity contribution in [3.63, 3.8) is 0 Å². The number of hydrogen-bond donors (Lipinski definition) is 0. The van der Waals surface area contributed by atoms with Gasteiger partial charge in [0.25, 0.3) is 11.8 Å². The summed E-state index contributed by atoms with van der Waals surface area (Å²) in [5.41, 5.74) is 1.89. The highest BCUT2D eigenvalue weighted by Crippen LogP contribution is 2.36. The van der Waals surface area contributed by atoms with Crippen LogP contribution in [0.2, 0.25) is 0 Å². The summed E-state index contributed by atoms with van der Waals surface area (Å²) in [7, 11) is 0. The van der Waals surface area contributed by atoms with E-state index in [2.05, 4.69) is 0 Å². The highest BCUT2D eigenvalue weighted by Gasteiger charge is 2.42. The molecule has 2 aromatic carbocycles. The highest BCUT2D eigenvalue weighted by atomic mass is 19.1. The van der Waals surface area contributed by atoms with E-state index >= 15 is 0 Å². The zero-order valence-electron chi connectivity index (χ0n) is 17.1. The number of halogens is 1. The normalized spacial score (nSPS) is 17.1. The summed E-state index contributed by atoms with van der Waals surface area (Å²) in [5.74, 6) is -0.415. The number of hydrogen-bond acceptors (Lipinski definition) is 4. The Morgan fingerprint density at radius 2 is 1.57 bits per heavy atom. The van der Waals surface area contributed by atoms with Crippen molar-refractivity contribution < 1.29 is 18.7 Å². The smallest absolute Gasteiger partial charge is 0.282 e. The zero-order chi connectivity index (χ0) is 21.1. The molecule has 0 saturated carbocycles. The first-order chi connectivity index (χ1) is 14.6. The van der Waals surface area contributed by atoms with Crippen molar-refractivity contribution in [2.24, 2.45) is 0 Å². The standard InChI is InChI=1S/C24H25FN2O3/c1-2-16-30-20-12-6-17(7-13-20)21-22(26-14-4-3-5-15-26)24(29)27(23(21)28)19-10-8-18(25)9-11-19/h6-13H,2-5,14-16H2,1H3. The molecule has 0 radical (unpaired) electrons. The number of piperidine rings is 1. The van der Waals surface area contributed by atoms with Crippen LogP contribution in [0.5, 0.6) is 5.75 Å². The van der Waals surface area contributed by atoms with E-state index in [0.29, 0.717) is 29.1 Å². The molecule has 156 valence electrons. The average molecular weight is 408 g/mol. The number of carbonyl (C=O) groups excluding carboxylic acids is 2. The van der Waals surface area contributed by atoms with Gasteiger partial charge in [0.05, 0.1) is 17.9 Å². The molecule has 0 unspecified atom stereocenters. The number of carbonyl (C=O) groups is 2. The van der Waals surface area contributed by atoms with Gasteiger partial charge in [0, 0.05) is 13.1 Å². The number of anilines is 1. The lowest BCUT2D eigenvalue weighted by Crippen LogP contribution is -2.37. The van der Waals surface area contributed by atoms with Crippen molar-refractivity contribution in [2.45, 2.75) is 32.6 Å². The third-order valence-corrected chi connectivity index (χ3v) is 5.43. The largest absolute Gasteiger partial charge is 0.494 e. The van der Waals surface area contributed by atoms with Crippen molar-refractivity contribution in [1.29, 1.82) is 0 Å². The van der Waals surface area contributed by atoms with Crippen molar-refractivity contribution in [1.82, 2.24) is 4.90 Å². The number of imide groups is 1. The number of benzene rings is 2. The van der Waals surface area contributed by atoms with Gasteiger partial charge in [0.2, 0.25) is 0 Å². The first-order valence-electron chi connectivity index (χ1n) is 10.5. The van der Waals surface area contributed by atoms with E-state index in [0.717, 1.165) is 49.4 Å². The van der Waals surface area contributed by atoms with Gasteiger partial charge in [0.15, 0.2) is 0 Å². The Balaban J connectivity index is 1.74. The van der Waals surface area contributed by atoms with E-state index in [1.165, 1.54) is 24.3 Å². The summed E-state index contributed by atoms with van der Waals surface area (Å²) in [6.07, 6.45) is 4.00. The topological polar surface area (TPSA) is 49.9 Å². The minimum Gasteiger partial charge on any atom is -0.494 e. The molecular formula is C24H25FN2O3. The third kappa shape index (κ3) is 3.82. The molecule has 5 nitrogen and oxygen atoms in total. The van der Waals surface area contributed by atoms with Gasteiger partial charge in [-0.3, -0.25) is 9.59 Å². The molecule has 1 fully saturated rings. The Hall–Kier alpha value is -3.15. The molecule has 0 aromatic heterocycles. The number of rotatable bonds is 6. The van der Waals surface area contributed by atoms with E-state index in [-0.39, 0.29) is 11.8 Å². The quantitative estimate of drug-likeness (QED) is 0.666. The van der Waals surface area contributed by atoms with E-state index in [9.17, 15) is 14.0 Å². The van der Waals surface area contributed by atoms with Gasteiger partial charge >= 0.3 is 0 Å². The van der Waals surface area contributed by atoms with Crippen LogP contribution in [0, 0.1) is 5.82 Å². The van der Waals surface area contributed by atoms with Gasteiger partial charge in [-0.25, -0.2) is 9.29 Å². The second-order valence-corrected chi connectivity index (χ2v) is 7.57. The van der Waals surface area contributed by atoms with Crippen LogP contribution in [0.3, 0.4) is 0 Å². The molecule has 2 aliphatic rings. The fourth-order valence-electron chi connectivity index (χ4n) is 3.95. The maximum absolute atomic E-state index is 13.4. The molecule has 2 aliphatic heterocycles. The van der Waals surface area contributed by atoms with Crippen LogP contribution >= 0.6 is 0 Å². The summed E-state index contributed by atoms with van der Waals surface area (Å²) >= 11 is 0. The van der Waals surface area contributed by atoms with Crippen LogP contribution in [0.15, 0.2) is 54.2 Å². The monoisotopic (exact) mass is 408 g/mol. The Morgan fingerprint density at radius 1 is 0.900 bits per heavy atom. The predicted octanol–water partition coefficient (Wildman–Crippen LogP) is 4.38. The Labute approximate surface area is 175 Å². The molecule has 2 aromatic rings. The SMILES string of the molecule is CCCOc1ccc(C2=C(N3CCCCC3)C(=O)N(c3ccc(F)cc3)C2=O)cc1. The maximum atomic E-state index is 13.4. The fourth-order valence-corrected chi connectivity index (χ4v) is 3.95. The second kappa shape index (κ2) is 8.69. The molecule has 2 amide bonds. The zero-order valence-corrected chi connectivity index (χ0v) is 17.1. The minimum atomic E-state index is -0.412. The average Bonchev–Trinajstić information content (AvgIpc) is 3.04. The van der Waals surface area contributed by atoms with E-state index < -0.39 is 5.82 Å². The van der Waals surface area contributed by atoms with Crippen LogP contribution in [0.4, 0.5) is 10.1 Å². The van der Waals surface area contributed by atoms with Gasteiger partial charge in [-0.05, 0) is 67.6 Å². The van der Waals surface area contributed by atoms with Crippen LogP contribution in [-0.4, -0.2) is 36.4 Å². The van der Waals surface area contributed by atoms with Gasteiger partial charge in [-0.1, -0.05) is 19.1 Å². The lowest BCUT2D eigenvalue weighted by Gasteiger charge is -2.29. The molecule has 2 heterocycles. The number of amides is 2. The number of nitrogens with zero attached hydrogens (tertiary/aromatic N) is 2. The lowest BCUT2D eigenvalue weighted by atomic mass is 10.0. The van der Waals surface area contributed by atoms with Crippen molar-refractivity contribution >= 4 is 23.1 Å². The lowest BCUT2D eigenvalue weighted by molar-refractivity contribution is -0.120. The molecule has 0 atom stereocenters. The van der Waals surface area contributed by atoms with Gasteiger partial charge < -0.3 is 9.64 Å². The number of likely N-dealkylation sites (tertiary alicyclic amines) is 1. The molecule has 6 heteroatoms. The predicted molar refractivity (Wildman–Crippen MR) is 113 cm³/mol. The molecule has 0 aliphatic carbocycles. The summed E-state index contributed by atoms with van der Waals surface area (Å²) in [6, 6.07) is 12.7. The molecule has 0 N–H and O–H groups in total. The summed E-state index contributed by atoms with van der Waals surface area (Å²) < 4.78 is 19.0. The van der Waals surface area contributed by atoms with Crippen molar-refractivity contribution in [3.05, 3.63) is 65.6 Å². The van der Waals surface area contributed by atoms with Crippen LogP contribution in [-0.2, 0) is 9.59 Å². The van der Waals surface area contributed by atoms with Gasteiger partial charge in [-0.2, -0.15) is 0 Å². The summed E-state index contributed by atoms with van der Waals surface area (Å²) in [4.78, 5) is 30.0. The highest BCUT2D eigenvalue weighted by molar-refractivity contribution is 6.45. The van der Waals surface area contributed by atoms with E-state index in [1.54, 1.807) is 0 Å². The van der Waals surface area contributed by atoms with E-state index in [4.69, 9.17) is 4.74 Å². The second-order valence-electron chi connectivity index (χ2n) is 7.57. The molecule has 0 spiro atoms. The molecule has 1 saturated heterocycles. The Kier molecular flexibility index (Phi) is 5.84. The molecule has 0 bridgehead atoms. The summed E-state index contributed by atoms with van der Waals surface area (Å²) in [6.45, 7) is 4.15. The molecular weight excluding hydrogens is 383 g/mol.